The minimum absolute atomic E-state index is 0.117. The van der Waals surface area contributed by atoms with E-state index >= 15 is 0 Å². The Kier molecular flexibility index (Phi) is 6.67. The van der Waals surface area contributed by atoms with Crippen LogP contribution in [0.15, 0.2) is 24.5 Å². The SMILES string of the molecule is COCCCNC(=O)c1c(NC(=O)Cc2cn3cccc(C)c3n2)sc2c1CCCC2. The highest BCUT2D eigenvalue weighted by Gasteiger charge is 2.26. The second-order valence-electron chi connectivity index (χ2n) is 7.90. The largest absolute Gasteiger partial charge is 0.385 e. The number of carbonyl (C=O) groups is 2. The van der Waals surface area contributed by atoms with Crippen molar-refractivity contribution < 1.29 is 14.3 Å². The second-order valence-corrected chi connectivity index (χ2v) is 9.00. The average molecular weight is 441 g/mol. The molecular weight excluding hydrogens is 412 g/mol. The normalized spacial score (nSPS) is 13.2. The highest BCUT2D eigenvalue weighted by atomic mass is 32.1. The third-order valence-electron chi connectivity index (χ3n) is 5.53. The molecule has 7 nitrogen and oxygen atoms in total. The van der Waals surface area contributed by atoms with Crippen molar-refractivity contribution in [1.82, 2.24) is 14.7 Å². The zero-order valence-corrected chi connectivity index (χ0v) is 18.8. The van der Waals surface area contributed by atoms with Crippen molar-refractivity contribution in [1.29, 1.82) is 0 Å². The summed E-state index contributed by atoms with van der Waals surface area (Å²) in [6.45, 7) is 3.15. The molecule has 3 aromatic rings. The number of rotatable bonds is 8. The Morgan fingerprint density at radius 2 is 2.13 bits per heavy atom. The monoisotopic (exact) mass is 440 g/mol. The van der Waals surface area contributed by atoms with Crippen LogP contribution in [-0.2, 0) is 28.8 Å². The first kappa shape index (κ1) is 21.5. The van der Waals surface area contributed by atoms with Crippen LogP contribution in [0.4, 0.5) is 5.00 Å². The van der Waals surface area contributed by atoms with Crippen LogP contribution in [0.25, 0.3) is 5.65 Å². The van der Waals surface area contributed by atoms with Gasteiger partial charge in [0.25, 0.3) is 5.91 Å². The fourth-order valence-electron chi connectivity index (χ4n) is 4.03. The number of amides is 2. The van der Waals surface area contributed by atoms with Crippen molar-refractivity contribution in [3.63, 3.8) is 0 Å². The lowest BCUT2D eigenvalue weighted by Crippen LogP contribution is -2.27. The van der Waals surface area contributed by atoms with E-state index in [0.717, 1.165) is 48.9 Å². The highest BCUT2D eigenvalue weighted by Crippen LogP contribution is 2.38. The van der Waals surface area contributed by atoms with Crippen molar-refractivity contribution >= 4 is 33.8 Å². The number of nitrogens with zero attached hydrogens (tertiary/aromatic N) is 2. The molecule has 0 fully saturated rings. The van der Waals surface area contributed by atoms with Gasteiger partial charge in [0.15, 0.2) is 0 Å². The van der Waals surface area contributed by atoms with Gasteiger partial charge in [-0.2, -0.15) is 0 Å². The van der Waals surface area contributed by atoms with E-state index in [1.165, 1.54) is 16.2 Å². The summed E-state index contributed by atoms with van der Waals surface area (Å²) in [7, 11) is 1.65. The predicted molar refractivity (Wildman–Crippen MR) is 122 cm³/mol. The number of thiophene rings is 1. The lowest BCUT2D eigenvalue weighted by molar-refractivity contribution is -0.115. The molecular formula is C23H28N4O3S. The van der Waals surface area contributed by atoms with Gasteiger partial charge in [-0.05, 0) is 56.2 Å². The first-order valence-corrected chi connectivity index (χ1v) is 11.5. The standard InChI is InChI=1S/C23H28N4O3S/c1-15-7-5-11-27-14-16(25-21(15)27)13-19(28)26-23-20(22(29)24-10-6-12-30-2)17-8-3-4-9-18(17)31-23/h5,7,11,14H,3-4,6,8-10,12-13H2,1-2H3,(H,24,29)(H,26,28). The summed E-state index contributed by atoms with van der Waals surface area (Å²) >= 11 is 1.54. The van der Waals surface area contributed by atoms with Gasteiger partial charge in [0.2, 0.25) is 5.91 Å². The molecule has 0 bridgehead atoms. The molecule has 164 valence electrons. The molecule has 8 heteroatoms. The number of pyridine rings is 1. The molecule has 4 rings (SSSR count). The summed E-state index contributed by atoms with van der Waals surface area (Å²) in [6.07, 6.45) is 8.76. The summed E-state index contributed by atoms with van der Waals surface area (Å²) in [4.78, 5) is 31.6. The molecule has 1 aliphatic rings. The molecule has 0 aliphatic heterocycles. The van der Waals surface area contributed by atoms with E-state index in [0.29, 0.717) is 29.4 Å². The maximum absolute atomic E-state index is 12.9. The van der Waals surface area contributed by atoms with Gasteiger partial charge in [-0.1, -0.05) is 6.07 Å². The number of fused-ring (bicyclic) bond motifs is 2. The Labute approximate surface area is 185 Å². The summed E-state index contributed by atoms with van der Waals surface area (Å²) in [6, 6.07) is 3.96. The van der Waals surface area contributed by atoms with E-state index in [9.17, 15) is 9.59 Å². The lowest BCUT2D eigenvalue weighted by atomic mass is 9.95. The van der Waals surface area contributed by atoms with E-state index in [-0.39, 0.29) is 18.2 Å². The zero-order chi connectivity index (χ0) is 21.8. The molecule has 0 unspecified atom stereocenters. The van der Waals surface area contributed by atoms with Crippen molar-refractivity contribution in [3.05, 3.63) is 51.8 Å². The molecule has 2 N–H and O–H groups in total. The molecule has 0 saturated carbocycles. The van der Waals surface area contributed by atoms with Gasteiger partial charge in [-0.25, -0.2) is 4.98 Å². The van der Waals surface area contributed by atoms with Crippen LogP contribution in [0, 0.1) is 6.92 Å². The number of aromatic nitrogens is 2. The van der Waals surface area contributed by atoms with Gasteiger partial charge < -0.3 is 19.8 Å². The minimum atomic E-state index is -0.159. The number of carbonyl (C=O) groups excluding carboxylic acids is 2. The van der Waals surface area contributed by atoms with Gasteiger partial charge in [0.05, 0.1) is 17.7 Å². The van der Waals surface area contributed by atoms with Gasteiger partial charge in [0.1, 0.15) is 10.6 Å². The third-order valence-corrected chi connectivity index (χ3v) is 6.74. The average Bonchev–Trinajstić information content (AvgIpc) is 3.32. The number of anilines is 1. The molecule has 3 heterocycles. The smallest absolute Gasteiger partial charge is 0.254 e. The number of ether oxygens (including phenoxy) is 1. The number of imidazole rings is 1. The molecule has 2 amide bonds. The molecule has 31 heavy (non-hydrogen) atoms. The summed E-state index contributed by atoms with van der Waals surface area (Å²) in [5.41, 5.74) is 4.36. The molecule has 0 atom stereocenters. The van der Waals surface area contributed by atoms with Gasteiger partial charge in [0, 0.05) is 37.5 Å². The van der Waals surface area contributed by atoms with Crippen LogP contribution in [0.5, 0.6) is 0 Å². The fraction of sp³-hybridized carbons (Fsp3) is 0.435. The highest BCUT2D eigenvalue weighted by molar-refractivity contribution is 7.17. The van der Waals surface area contributed by atoms with Crippen molar-refractivity contribution in [2.24, 2.45) is 0 Å². The summed E-state index contributed by atoms with van der Waals surface area (Å²) in [5.74, 6) is -0.276. The Hall–Kier alpha value is -2.71. The van der Waals surface area contributed by atoms with Gasteiger partial charge >= 0.3 is 0 Å². The van der Waals surface area contributed by atoms with E-state index in [1.54, 1.807) is 7.11 Å². The van der Waals surface area contributed by atoms with Crippen molar-refractivity contribution in [3.8, 4) is 0 Å². The van der Waals surface area contributed by atoms with Crippen LogP contribution in [-0.4, -0.2) is 41.5 Å². The van der Waals surface area contributed by atoms with Crippen LogP contribution in [0.2, 0.25) is 0 Å². The van der Waals surface area contributed by atoms with Crippen LogP contribution in [0.1, 0.15) is 51.3 Å². The number of aryl methyl sites for hydroxylation is 2. The van der Waals surface area contributed by atoms with Crippen LogP contribution in [0.3, 0.4) is 0 Å². The zero-order valence-electron chi connectivity index (χ0n) is 18.0. The van der Waals surface area contributed by atoms with Gasteiger partial charge in [-0.15, -0.1) is 11.3 Å². The minimum Gasteiger partial charge on any atom is -0.385 e. The van der Waals surface area contributed by atoms with E-state index in [1.807, 2.05) is 35.9 Å². The van der Waals surface area contributed by atoms with Crippen LogP contribution < -0.4 is 10.6 Å². The third kappa shape index (κ3) is 4.80. The Morgan fingerprint density at radius 3 is 2.94 bits per heavy atom. The van der Waals surface area contributed by atoms with Crippen LogP contribution >= 0.6 is 11.3 Å². The Balaban J connectivity index is 1.51. The lowest BCUT2D eigenvalue weighted by Gasteiger charge is -2.13. The predicted octanol–water partition coefficient (Wildman–Crippen LogP) is 3.53. The molecule has 3 aromatic heterocycles. The molecule has 0 spiro atoms. The van der Waals surface area contributed by atoms with E-state index in [4.69, 9.17) is 4.74 Å². The summed E-state index contributed by atoms with van der Waals surface area (Å²) < 4.78 is 6.98. The van der Waals surface area contributed by atoms with Crippen molar-refractivity contribution in [2.45, 2.75) is 45.4 Å². The Bertz CT molecular complexity index is 1100. The van der Waals surface area contributed by atoms with Crippen molar-refractivity contribution in [2.75, 3.05) is 25.6 Å². The first-order chi connectivity index (χ1) is 15.1. The quantitative estimate of drug-likeness (QED) is 0.525. The maximum Gasteiger partial charge on any atom is 0.254 e. The Morgan fingerprint density at radius 1 is 1.29 bits per heavy atom. The van der Waals surface area contributed by atoms with Gasteiger partial charge in [-0.3, -0.25) is 9.59 Å². The molecule has 0 aromatic carbocycles. The number of hydrogen-bond acceptors (Lipinski definition) is 5. The van der Waals surface area contributed by atoms with E-state index < -0.39 is 0 Å². The van der Waals surface area contributed by atoms with E-state index in [2.05, 4.69) is 15.6 Å². The first-order valence-electron chi connectivity index (χ1n) is 10.7. The topological polar surface area (TPSA) is 84.7 Å². The second kappa shape index (κ2) is 9.62. The number of nitrogens with one attached hydrogen (secondary N) is 2. The molecule has 0 saturated heterocycles. The summed E-state index contributed by atoms with van der Waals surface area (Å²) in [5, 5.41) is 6.63. The number of methoxy groups -OCH3 is 1. The molecule has 0 radical (unpaired) electrons. The molecule has 1 aliphatic carbocycles. The fourth-order valence-corrected chi connectivity index (χ4v) is 5.33. The number of hydrogen-bond donors (Lipinski definition) is 2. The maximum atomic E-state index is 12.9.